The smallest absolute Gasteiger partial charge is 0.410 e. The van der Waals surface area contributed by atoms with E-state index in [4.69, 9.17) is 10.5 Å². The maximum Gasteiger partial charge on any atom is 0.410 e. The number of carbonyl (C=O) groups excluding carboxylic acids is 1. The normalized spacial score (nSPS) is 33.9. The second kappa shape index (κ2) is 3.77. The van der Waals surface area contributed by atoms with Crippen LogP contribution in [0.4, 0.5) is 4.79 Å². The molecule has 1 heterocycles. The molecule has 2 fully saturated rings. The molecular formula is C10H18N2O2. The van der Waals surface area contributed by atoms with Gasteiger partial charge in [0, 0.05) is 13.6 Å². The largest absolute Gasteiger partial charge is 0.444 e. The van der Waals surface area contributed by atoms with Crippen molar-refractivity contribution in [1.82, 2.24) is 4.90 Å². The predicted octanol–water partition coefficient (Wildman–Crippen LogP) is 0.954. The van der Waals surface area contributed by atoms with E-state index >= 15 is 0 Å². The van der Waals surface area contributed by atoms with Crippen molar-refractivity contribution in [2.45, 2.75) is 37.8 Å². The highest BCUT2D eigenvalue weighted by Gasteiger charge is 2.43. The molecule has 0 aromatic rings. The third-order valence-corrected chi connectivity index (χ3v) is 3.51. The van der Waals surface area contributed by atoms with E-state index in [0.29, 0.717) is 12.5 Å². The van der Waals surface area contributed by atoms with Crippen LogP contribution in [0.3, 0.4) is 0 Å². The average molecular weight is 198 g/mol. The van der Waals surface area contributed by atoms with Crippen LogP contribution in [0.2, 0.25) is 0 Å². The van der Waals surface area contributed by atoms with Crippen molar-refractivity contribution in [3.8, 4) is 0 Å². The molecule has 2 unspecified atom stereocenters. The van der Waals surface area contributed by atoms with Gasteiger partial charge in [-0.1, -0.05) is 12.8 Å². The van der Waals surface area contributed by atoms with E-state index in [1.165, 1.54) is 25.7 Å². The van der Waals surface area contributed by atoms with Gasteiger partial charge in [-0.15, -0.1) is 0 Å². The fourth-order valence-corrected chi connectivity index (χ4v) is 2.62. The minimum atomic E-state index is -0.211. The van der Waals surface area contributed by atoms with Gasteiger partial charge in [-0.2, -0.15) is 0 Å². The number of hydrogen-bond acceptors (Lipinski definition) is 3. The Bertz CT molecular complexity index is 226. The molecule has 80 valence electrons. The molecule has 1 aliphatic carbocycles. The molecular weight excluding hydrogens is 180 g/mol. The predicted molar refractivity (Wildman–Crippen MR) is 52.8 cm³/mol. The summed E-state index contributed by atoms with van der Waals surface area (Å²) in [5, 5.41) is 0. The zero-order chi connectivity index (χ0) is 10.1. The summed E-state index contributed by atoms with van der Waals surface area (Å²) in [5.74, 6) is 0.539. The highest BCUT2D eigenvalue weighted by Crippen LogP contribution is 2.34. The number of hydrogen-bond donors (Lipinski definition) is 1. The minimum Gasteiger partial charge on any atom is -0.444 e. The topological polar surface area (TPSA) is 55.6 Å². The monoisotopic (exact) mass is 198 g/mol. The van der Waals surface area contributed by atoms with Gasteiger partial charge in [-0.05, 0) is 18.8 Å². The van der Waals surface area contributed by atoms with Crippen LogP contribution in [0.1, 0.15) is 25.7 Å². The van der Waals surface area contributed by atoms with Gasteiger partial charge in [0.05, 0.1) is 6.04 Å². The van der Waals surface area contributed by atoms with Crippen molar-refractivity contribution in [1.29, 1.82) is 0 Å². The standard InChI is InChI=1S/C10H18N2O2/c1-12-8(6-11)9(14-10(12)13)7-4-2-3-5-7/h7-9H,2-6,11H2,1H3. The van der Waals surface area contributed by atoms with E-state index in [1.807, 2.05) is 0 Å². The lowest BCUT2D eigenvalue weighted by Gasteiger charge is -2.23. The van der Waals surface area contributed by atoms with Gasteiger partial charge in [-0.3, -0.25) is 0 Å². The van der Waals surface area contributed by atoms with Gasteiger partial charge in [-0.25, -0.2) is 4.79 Å². The van der Waals surface area contributed by atoms with E-state index in [-0.39, 0.29) is 18.2 Å². The molecule has 1 saturated heterocycles. The molecule has 1 aliphatic heterocycles. The highest BCUT2D eigenvalue weighted by atomic mass is 16.6. The Hall–Kier alpha value is -0.770. The number of nitrogens with two attached hydrogens (primary N) is 1. The molecule has 4 nitrogen and oxygen atoms in total. The molecule has 0 spiro atoms. The Morgan fingerprint density at radius 1 is 1.50 bits per heavy atom. The quantitative estimate of drug-likeness (QED) is 0.719. The number of ether oxygens (including phenoxy) is 1. The van der Waals surface area contributed by atoms with Crippen LogP contribution >= 0.6 is 0 Å². The molecule has 14 heavy (non-hydrogen) atoms. The second-order valence-corrected chi connectivity index (χ2v) is 4.31. The van der Waals surface area contributed by atoms with Crippen molar-refractivity contribution in [2.24, 2.45) is 11.7 Å². The lowest BCUT2D eigenvalue weighted by molar-refractivity contribution is 0.0935. The number of nitrogens with zero attached hydrogens (tertiary/aromatic N) is 1. The van der Waals surface area contributed by atoms with Crippen LogP contribution in [0, 0.1) is 5.92 Å². The Balaban J connectivity index is 2.06. The van der Waals surface area contributed by atoms with E-state index in [1.54, 1.807) is 11.9 Å². The van der Waals surface area contributed by atoms with Crippen LogP contribution in [-0.2, 0) is 4.74 Å². The first-order valence-corrected chi connectivity index (χ1v) is 5.37. The zero-order valence-corrected chi connectivity index (χ0v) is 8.61. The Morgan fingerprint density at radius 3 is 2.71 bits per heavy atom. The summed E-state index contributed by atoms with van der Waals surface area (Å²) in [5.41, 5.74) is 5.67. The molecule has 1 amide bonds. The summed E-state index contributed by atoms with van der Waals surface area (Å²) in [6.07, 6.45) is 4.72. The van der Waals surface area contributed by atoms with Gasteiger partial charge < -0.3 is 15.4 Å². The number of rotatable bonds is 2. The van der Waals surface area contributed by atoms with Crippen LogP contribution in [0.5, 0.6) is 0 Å². The van der Waals surface area contributed by atoms with Crippen LogP contribution in [-0.4, -0.2) is 36.7 Å². The molecule has 2 N–H and O–H groups in total. The van der Waals surface area contributed by atoms with Crippen LogP contribution < -0.4 is 5.73 Å². The zero-order valence-electron chi connectivity index (χ0n) is 8.61. The van der Waals surface area contributed by atoms with Crippen LogP contribution in [0.15, 0.2) is 0 Å². The van der Waals surface area contributed by atoms with Gasteiger partial charge in [0.15, 0.2) is 0 Å². The van der Waals surface area contributed by atoms with Crippen molar-refractivity contribution in [3.63, 3.8) is 0 Å². The lowest BCUT2D eigenvalue weighted by atomic mass is 9.95. The van der Waals surface area contributed by atoms with Gasteiger partial charge in [0.1, 0.15) is 6.10 Å². The molecule has 4 heteroatoms. The fraction of sp³-hybridized carbons (Fsp3) is 0.900. The molecule has 2 rings (SSSR count). The van der Waals surface area contributed by atoms with E-state index in [0.717, 1.165) is 0 Å². The molecule has 2 atom stereocenters. The number of cyclic esters (lactones) is 1. The van der Waals surface area contributed by atoms with Crippen molar-refractivity contribution < 1.29 is 9.53 Å². The van der Waals surface area contributed by atoms with Crippen molar-refractivity contribution >= 4 is 6.09 Å². The maximum atomic E-state index is 11.4. The lowest BCUT2D eigenvalue weighted by Crippen LogP contribution is -2.42. The van der Waals surface area contributed by atoms with E-state index < -0.39 is 0 Å². The molecule has 0 aromatic heterocycles. The molecule has 0 aromatic carbocycles. The summed E-state index contributed by atoms with van der Waals surface area (Å²) >= 11 is 0. The van der Waals surface area contributed by atoms with Gasteiger partial charge in [0.2, 0.25) is 0 Å². The summed E-state index contributed by atoms with van der Waals surface area (Å²) in [7, 11) is 1.77. The summed E-state index contributed by atoms with van der Waals surface area (Å²) < 4.78 is 5.37. The highest BCUT2D eigenvalue weighted by molar-refractivity contribution is 5.70. The molecule has 0 bridgehead atoms. The SMILES string of the molecule is CN1C(=O)OC(C2CCCC2)C1CN. The molecule has 0 radical (unpaired) electrons. The maximum absolute atomic E-state index is 11.4. The third-order valence-electron chi connectivity index (χ3n) is 3.51. The van der Waals surface area contributed by atoms with E-state index in [9.17, 15) is 4.79 Å². The molecule has 1 saturated carbocycles. The third kappa shape index (κ3) is 1.47. The first-order valence-electron chi connectivity index (χ1n) is 5.37. The summed E-state index contributed by atoms with van der Waals surface area (Å²) in [6.45, 7) is 0.503. The second-order valence-electron chi connectivity index (χ2n) is 4.31. The Kier molecular flexibility index (Phi) is 2.63. The first-order chi connectivity index (χ1) is 6.74. The van der Waals surface area contributed by atoms with Crippen LogP contribution in [0.25, 0.3) is 0 Å². The number of likely N-dealkylation sites (N-methyl/N-ethyl adjacent to an activating group) is 1. The minimum absolute atomic E-state index is 0.0417. The van der Waals surface area contributed by atoms with Crippen molar-refractivity contribution in [2.75, 3.05) is 13.6 Å². The number of carbonyl (C=O) groups is 1. The Morgan fingerprint density at radius 2 is 2.14 bits per heavy atom. The Labute approximate surface area is 84.4 Å². The molecule has 2 aliphatic rings. The summed E-state index contributed by atoms with van der Waals surface area (Å²) in [4.78, 5) is 13.0. The van der Waals surface area contributed by atoms with E-state index in [2.05, 4.69) is 0 Å². The number of amides is 1. The van der Waals surface area contributed by atoms with Gasteiger partial charge >= 0.3 is 6.09 Å². The average Bonchev–Trinajstić information content (AvgIpc) is 2.76. The van der Waals surface area contributed by atoms with Crippen molar-refractivity contribution in [3.05, 3.63) is 0 Å². The fourth-order valence-electron chi connectivity index (χ4n) is 2.62. The first kappa shape index (κ1) is 9.77. The van der Waals surface area contributed by atoms with Gasteiger partial charge in [0.25, 0.3) is 0 Å². The summed E-state index contributed by atoms with van der Waals surface area (Å²) in [6, 6.07) is 0.0885.